The van der Waals surface area contributed by atoms with Crippen LogP contribution in [0.25, 0.3) is 16.5 Å². The van der Waals surface area contributed by atoms with Crippen LogP contribution in [0.4, 0.5) is 10.2 Å². The zero-order valence-corrected chi connectivity index (χ0v) is 12.3. The van der Waals surface area contributed by atoms with E-state index in [0.29, 0.717) is 17.5 Å². The molecule has 0 aliphatic carbocycles. The summed E-state index contributed by atoms with van der Waals surface area (Å²) in [6.45, 7) is -0.708. The maximum atomic E-state index is 12.2. The minimum Gasteiger partial charge on any atom is -0.310 e. The van der Waals surface area contributed by atoms with Gasteiger partial charge in [-0.1, -0.05) is 6.07 Å². The van der Waals surface area contributed by atoms with Crippen LogP contribution in [0.3, 0.4) is 0 Å². The molecule has 0 bridgehead atoms. The van der Waals surface area contributed by atoms with Crippen molar-refractivity contribution in [1.29, 1.82) is 0 Å². The Morgan fingerprint density at radius 3 is 2.95 bits per heavy atom. The van der Waals surface area contributed by atoms with Gasteiger partial charge in [-0.15, -0.1) is 11.3 Å². The smallest absolute Gasteiger partial charge is 0.228 e. The number of halogens is 1. The van der Waals surface area contributed by atoms with Crippen LogP contribution in [0.15, 0.2) is 42.0 Å². The molecule has 1 N–H and O–H groups in total. The number of hydrogen-bond acceptors (Lipinski definition) is 5. The van der Waals surface area contributed by atoms with Gasteiger partial charge in [0.25, 0.3) is 0 Å². The number of nitrogens with one attached hydrogen (secondary N) is 1. The first-order chi connectivity index (χ1) is 10.8. The van der Waals surface area contributed by atoms with Gasteiger partial charge >= 0.3 is 0 Å². The third kappa shape index (κ3) is 3.17. The van der Waals surface area contributed by atoms with E-state index in [1.165, 1.54) is 11.3 Å². The summed E-state index contributed by atoms with van der Waals surface area (Å²) in [5, 5.41) is 8.62. The molecule has 0 aliphatic rings. The number of rotatable bonds is 5. The standard InChI is InChI=1S/C14H12FN5OS/c15-5-4-13(21)17-11-9-12(20-7-2-6-16-20)19-14(18-11)10-3-1-8-22-10/h1-3,6-9H,4-5H2,(H,17,18,19,21). The normalized spacial score (nSPS) is 10.6. The van der Waals surface area contributed by atoms with Crippen LogP contribution in [0, 0.1) is 0 Å². The highest BCUT2D eigenvalue weighted by Crippen LogP contribution is 2.23. The molecule has 0 radical (unpaired) electrons. The lowest BCUT2D eigenvalue weighted by Crippen LogP contribution is -2.14. The molecule has 0 aliphatic heterocycles. The molecule has 112 valence electrons. The van der Waals surface area contributed by atoms with E-state index in [1.807, 2.05) is 17.5 Å². The molecule has 3 heterocycles. The topological polar surface area (TPSA) is 72.7 Å². The van der Waals surface area contributed by atoms with Crippen LogP contribution in [-0.4, -0.2) is 32.3 Å². The molecule has 0 unspecified atom stereocenters. The molecule has 1 amide bonds. The molecule has 3 rings (SSSR count). The highest BCUT2D eigenvalue weighted by molar-refractivity contribution is 7.13. The number of carbonyl (C=O) groups is 1. The van der Waals surface area contributed by atoms with Gasteiger partial charge in [0.05, 0.1) is 18.0 Å². The summed E-state index contributed by atoms with van der Waals surface area (Å²) >= 11 is 1.49. The summed E-state index contributed by atoms with van der Waals surface area (Å²) in [5.41, 5.74) is 0. The van der Waals surface area contributed by atoms with E-state index in [1.54, 1.807) is 29.2 Å². The summed E-state index contributed by atoms with van der Waals surface area (Å²) in [5.74, 6) is 0.907. The summed E-state index contributed by atoms with van der Waals surface area (Å²) in [7, 11) is 0. The van der Waals surface area contributed by atoms with Crippen molar-refractivity contribution in [2.24, 2.45) is 0 Å². The van der Waals surface area contributed by atoms with Crippen LogP contribution < -0.4 is 5.32 Å². The fourth-order valence-electron chi connectivity index (χ4n) is 1.83. The second-order valence-electron chi connectivity index (χ2n) is 4.35. The van der Waals surface area contributed by atoms with Crippen molar-refractivity contribution in [2.75, 3.05) is 12.0 Å². The van der Waals surface area contributed by atoms with E-state index in [-0.39, 0.29) is 6.42 Å². The minimum atomic E-state index is -0.708. The number of anilines is 1. The van der Waals surface area contributed by atoms with Crippen LogP contribution >= 0.6 is 11.3 Å². The molecule has 0 spiro atoms. The molecule has 0 saturated heterocycles. The van der Waals surface area contributed by atoms with Crippen molar-refractivity contribution in [3.63, 3.8) is 0 Å². The SMILES string of the molecule is O=C(CCF)Nc1cc(-n2cccn2)nc(-c2cccs2)n1. The summed E-state index contributed by atoms with van der Waals surface area (Å²) < 4.78 is 13.8. The van der Waals surface area contributed by atoms with E-state index < -0.39 is 12.6 Å². The highest BCUT2D eigenvalue weighted by Gasteiger charge is 2.11. The second kappa shape index (κ2) is 6.44. The van der Waals surface area contributed by atoms with Gasteiger partial charge in [0.15, 0.2) is 11.6 Å². The van der Waals surface area contributed by atoms with Crippen LogP contribution in [0.5, 0.6) is 0 Å². The van der Waals surface area contributed by atoms with E-state index >= 15 is 0 Å². The monoisotopic (exact) mass is 317 g/mol. The lowest BCUT2D eigenvalue weighted by molar-refractivity contribution is -0.116. The van der Waals surface area contributed by atoms with Crippen molar-refractivity contribution in [3.8, 4) is 16.5 Å². The van der Waals surface area contributed by atoms with Crippen LogP contribution in [-0.2, 0) is 4.79 Å². The number of aromatic nitrogens is 4. The summed E-state index contributed by atoms with van der Waals surface area (Å²) in [4.78, 5) is 21.2. The Balaban J connectivity index is 2.00. The van der Waals surface area contributed by atoms with Crippen molar-refractivity contribution < 1.29 is 9.18 Å². The van der Waals surface area contributed by atoms with Gasteiger partial charge in [0, 0.05) is 18.5 Å². The molecule has 0 atom stereocenters. The van der Waals surface area contributed by atoms with Gasteiger partial charge in [-0.2, -0.15) is 5.10 Å². The average Bonchev–Trinajstić information content (AvgIpc) is 3.21. The Hall–Kier alpha value is -2.61. The largest absolute Gasteiger partial charge is 0.310 e. The number of alkyl halides is 1. The minimum absolute atomic E-state index is 0.199. The van der Waals surface area contributed by atoms with E-state index in [0.717, 1.165) is 4.88 Å². The maximum Gasteiger partial charge on any atom is 0.228 e. The van der Waals surface area contributed by atoms with E-state index in [2.05, 4.69) is 20.4 Å². The average molecular weight is 317 g/mol. The second-order valence-corrected chi connectivity index (χ2v) is 5.30. The van der Waals surface area contributed by atoms with Gasteiger partial charge in [0.2, 0.25) is 5.91 Å². The number of nitrogens with zero attached hydrogens (tertiary/aromatic N) is 4. The van der Waals surface area contributed by atoms with Gasteiger partial charge in [-0.05, 0) is 17.5 Å². The molecule has 6 nitrogen and oxygen atoms in total. The fraction of sp³-hybridized carbons (Fsp3) is 0.143. The summed E-state index contributed by atoms with van der Waals surface area (Å²) in [6, 6.07) is 7.15. The molecule has 8 heteroatoms. The molecular weight excluding hydrogens is 305 g/mol. The number of hydrogen-bond donors (Lipinski definition) is 1. The van der Waals surface area contributed by atoms with Crippen molar-refractivity contribution in [2.45, 2.75) is 6.42 Å². The molecule has 3 aromatic heterocycles. The first-order valence-electron chi connectivity index (χ1n) is 6.55. The van der Waals surface area contributed by atoms with Crippen molar-refractivity contribution >= 4 is 23.1 Å². The van der Waals surface area contributed by atoms with Crippen molar-refractivity contribution in [3.05, 3.63) is 42.0 Å². The molecular formula is C14H12FN5OS. The molecule has 22 heavy (non-hydrogen) atoms. The molecule has 0 fully saturated rings. The Morgan fingerprint density at radius 1 is 1.36 bits per heavy atom. The van der Waals surface area contributed by atoms with E-state index in [4.69, 9.17) is 0 Å². The third-order valence-corrected chi connectivity index (χ3v) is 3.65. The van der Waals surface area contributed by atoms with E-state index in [9.17, 15) is 9.18 Å². The van der Waals surface area contributed by atoms with Gasteiger partial charge in [-0.3, -0.25) is 9.18 Å². The molecule has 0 aromatic carbocycles. The summed E-state index contributed by atoms with van der Waals surface area (Å²) in [6.07, 6.45) is 3.18. The Kier molecular flexibility index (Phi) is 4.19. The molecule has 3 aromatic rings. The Bertz CT molecular complexity index is 705. The molecule has 0 saturated carbocycles. The van der Waals surface area contributed by atoms with Gasteiger partial charge in [-0.25, -0.2) is 14.6 Å². The predicted octanol–water partition coefficient (Wildman–Crippen LogP) is 2.69. The lowest BCUT2D eigenvalue weighted by atomic mass is 10.4. The first kappa shape index (κ1) is 14.3. The quantitative estimate of drug-likeness (QED) is 0.785. The zero-order valence-electron chi connectivity index (χ0n) is 11.4. The Morgan fingerprint density at radius 2 is 2.27 bits per heavy atom. The maximum absolute atomic E-state index is 12.2. The number of amides is 1. The van der Waals surface area contributed by atoms with Crippen molar-refractivity contribution in [1.82, 2.24) is 19.7 Å². The fourth-order valence-corrected chi connectivity index (χ4v) is 2.48. The zero-order chi connectivity index (χ0) is 15.4. The predicted molar refractivity (Wildman–Crippen MR) is 81.7 cm³/mol. The van der Waals surface area contributed by atoms with Gasteiger partial charge in [0.1, 0.15) is 5.82 Å². The third-order valence-electron chi connectivity index (χ3n) is 2.78. The number of thiophene rings is 1. The van der Waals surface area contributed by atoms with Crippen LogP contribution in [0.2, 0.25) is 0 Å². The highest BCUT2D eigenvalue weighted by atomic mass is 32.1. The Labute approximate surface area is 129 Å². The number of carbonyl (C=O) groups excluding carboxylic acids is 1. The van der Waals surface area contributed by atoms with Crippen LogP contribution in [0.1, 0.15) is 6.42 Å². The lowest BCUT2D eigenvalue weighted by Gasteiger charge is -2.08. The van der Waals surface area contributed by atoms with Gasteiger partial charge < -0.3 is 5.32 Å². The first-order valence-corrected chi connectivity index (χ1v) is 7.43.